The number of fused-ring (bicyclic) bond motifs is 1. The molecule has 8 heteroatoms. The number of ether oxygens (including phenoxy) is 2. The number of aliphatic carboxylic acids is 1. The van der Waals surface area contributed by atoms with Crippen molar-refractivity contribution in [1.82, 2.24) is 14.5 Å². The summed E-state index contributed by atoms with van der Waals surface area (Å²) in [6.07, 6.45) is 6.62. The smallest absolute Gasteiger partial charge is 0.306 e. The van der Waals surface area contributed by atoms with Crippen LogP contribution in [0.5, 0.6) is 11.5 Å². The van der Waals surface area contributed by atoms with Crippen LogP contribution in [0.3, 0.4) is 0 Å². The fourth-order valence-electron chi connectivity index (χ4n) is 5.75. The SMILES string of the molecule is COc1cc(-c2cn(C)c(=O)c3cnccc23)cc(OC)c1CN1CC2(CC(C(=O)O)C2)C1C. The molecule has 1 saturated carbocycles. The number of aryl methyl sites for hydroxylation is 1. The number of rotatable bonds is 6. The molecule has 5 rings (SSSR count). The molecule has 1 aliphatic heterocycles. The molecule has 2 aromatic heterocycles. The van der Waals surface area contributed by atoms with Crippen molar-refractivity contribution in [2.45, 2.75) is 32.4 Å². The number of likely N-dealkylation sites (tertiary alicyclic amines) is 1. The van der Waals surface area contributed by atoms with E-state index in [9.17, 15) is 14.7 Å². The predicted molar refractivity (Wildman–Crippen MR) is 128 cm³/mol. The van der Waals surface area contributed by atoms with Gasteiger partial charge in [-0.3, -0.25) is 19.5 Å². The van der Waals surface area contributed by atoms with E-state index in [-0.39, 0.29) is 16.9 Å². The summed E-state index contributed by atoms with van der Waals surface area (Å²) in [6, 6.07) is 6.13. The Morgan fingerprint density at radius 1 is 1.21 bits per heavy atom. The van der Waals surface area contributed by atoms with Crippen molar-refractivity contribution >= 4 is 16.7 Å². The third-order valence-corrected chi connectivity index (χ3v) is 7.87. The standard InChI is InChI=1S/C26H29N3O5/c1-15-26(9-17(10-26)25(31)32)14-29(15)13-21-22(33-3)7-16(8-23(21)34-4)20-12-28(2)24(30)19-11-27-6-5-18(19)20/h5-8,11-12,15,17H,9-10,13-14H2,1-4H3,(H,31,32). The first-order chi connectivity index (χ1) is 16.3. The van der Waals surface area contributed by atoms with Gasteiger partial charge in [0.15, 0.2) is 0 Å². The second kappa shape index (κ2) is 8.13. The van der Waals surface area contributed by atoms with Gasteiger partial charge >= 0.3 is 5.97 Å². The molecule has 0 radical (unpaired) electrons. The Bertz CT molecular complexity index is 1320. The summed E-state index contributed by atoms with van der Waals surface area (Å²) in [5.41, 5.74) is 2.77. The average molecular weight is 464 g/mol. The maximum Gasteiger partial charge on any atom is 0.306 e. The molecule has 1 saturated heterocycles. The van der Waals surface area contributed by atoms with Crippen molar-refractivity contribution in [2.24, 2.45) is 18.4 Å². The Kier molecular flexibility index (Phi) is 5.36. The average Bonchev–Trinajstić information content (AvgIpc) is 2.81. The zero-order valence-corrected chi connectivity index (χ0v) is 19.9. The van der Waals surface area contributed by atoms with Gasteiger partial charge in [0.05, 0.1) is 31.1 Å². The molecule has 1 N–H and O–H groups in total. The predicted octanol–water partition coefficient (Wildman–Crippen LogP) is 3.30. The number of carboxylic acid groups (broad SMARTS) is 1. The number of aromatic nitrogens is 2. The number of pyridine rings is 2. The highest BCUT2D eigenvalue weighted by atomic mass is 16.5. The minimum Gasteiger partial charge on any atom is -0.496 e. The summed E-state index contributed by atoms with van der Waals surface area (Å²) in [5.74, 6) is 0.544. The number of carbonyl (C=O) groups is 1. The molecule has 2 aliphatic rings. The van der Waals surface area contributed by atoms with E-state index in [0.717, 1.165) is 53.0 Å². The van der Waals surface area contributed by atoms with E-state index in [1.165, 1.54) is 0 Å². The van der Waals surface area contributed by atoms with Gasteiger partial charge in [-0.2, -0.15) is 0 Å². The Hall–Kier alpha value is -3.39. The van der Waals surface area contributed by atoms with E-state index >= 15 is 0 Å². The second-order valence-electron chi connectivity index (χ2n) is 9.63. The van der Waals surface area contributed by atoms with Gasteiger partial charge in [0.25, 0.3) is 5.56 Å². The van der Waals surface area contributed by atoms with Gasteiger partial charge in [-0.15, -0.1) is 0 Å². The first-order valence-corrected chi connectivity index (χ1v) is 11.4. The maximum atomic E-state index is 12.6. The van der Waals surface area contributed by atoms with E-state index < -0.39 is 5.97 Å². The third-order valence-electron chi connectivity index (χ3n) is 7.87. The lowest BCUT2D eigenvalue weighted by molar-refractivity contribution is -0.176. The van der Waals surface area contributed by atoms with E-state index in [0.29, 0.717) is 18.0 Å². The molecule has 1 unspecified atom stereocenters. The van der Waals surface area contributed by atoms with E-state index in [2.05, 4.69) is 16.8 Å². The molecule has 34 heavy (non-hydrogen) atoms. The highest BCUT2D eigenvalue weighted by molar-refractivity contribution is 5.95. The molecule has 1 aliphatic carbocycles. The molecule has 3 aromatic rings. The van der Waals surface area contributed by atoms with E-state index in [1.807, 2.05) is 24.4 Å². The summed E-state index contributed by atoms with van der Waals surface area (Å²) < 4.78 is 13.2. The monoisotopic (exact) mass is 463 g/mol. The molecule has 8 nitrogen and oxygen atoms in total. The molecule has 2 fully saturated rings. The Morgan fingerprint density at radius 3 is 2.47 bits per heavy atom. The third kappa shape index (κ3) is 3.36. The van der Waals surface area contributed by atoms with Crippen molar-refractivity contribution in [3.8, 4) is 22.6 Å². The van der Waals surface area contributed by atoms with Crippen LogP contribution in [0.4, 0.5) is 0 Å². The fraction of sp³-hybridized carbons (Fsp3) is 0.423. The first kappa shape index (κ1) is 22.4. The largest absolute Gasteiger partial charge is 0.496 e. The molecule has 1 aromatic carbocycles. The summed E-state index contributed by atoms with van der Waals surface area (Å²) in [4.78, 5) is 30.3. The van der Waals surface area contributed by atoms with Crippen molar-refractivity contribution in [2.75, 3.05) is 20.8 Å². The van der Waals surface area contributed by atoms with Gasteiger partial charge in [-0.25, -0.2) is 0 Å². The highest BCUT2D eigenvalue weighted by Crippen LogP contribution is 2.56. The molecule has 178 valence electrons. The molecule has 3 heterocycles. The molecule has 1 spiro atoms. The van der Waals surface area contributed by atoms with Gasteiger partial charge in [-0.1, -0.05) is 0 Å². The van der Waals surface area contributed by atoms with Crippen LogP contribution in [0.2, 0.25) is 0 Å². The van der Waals surface area contributed by atoms with E-state index in [4.69, 9.17) is 9.47 Å². The number of hydrogen-bond acceptors (Lipinski definition) is 6. The van der Waals surface area contributed by atoms with Gasteiger partial charge in [0, 0.05) is 55.7 Å². The lowest BCUT2D eigenvalue weighted by Crippen LogP contribution is -2.68. The molecule has 1 atom stereocenters. The summed E-state index contributed by atoms with van der Waals surface area (Å²) in [6.45, 7) is 3.72. The number of benzene rings is 1. The normalized spacial score (nSPS) is 24.0. The van der Waals surface area contributed by atoms with Crippen LogP contribution in [0, 0.1) is 11.3 Å². The Morgan fingerprint density at radius 2 is 1.88 bits per heavy atom. The van der Waals surface area contributed by atoms with Crippen molar-refractivity contribution < 1.29 is 19.4 Å². The summed E-state index contributed by atoms with van der Waals surface area (Å²) in [7, 11) is 5.03. The van der Waals surface area contributed by atoms with Crippen molar-refractivity contribution in [3.05, 3.63) is 52.7 Å². The Balaban J connectivity index is 1.48. The summed E-state index contributed by atoms with van der Waals surface area (Å²) >= 11 is 0. The van der Waals surface area contributed by atoms with Crippen LogP contribution in [0.1, 0.15) is 25.3 Å². The topological polar surface area (TPSA) is 93.9 Å². The quantitative estimate of drug-likeness (QED) is 0.599. The van der Waals surface area contributed by atoms with Crippen LogP contribution >= 0.6 is 0 Å². The maximum absolute atomic E-state index is 12.6. The van der Waals surface area contributed by atoms with Gasteiger partial charge in [0.2, 0.25) is 0 Å². The van der Waals surface area contributed by atoms with Crippen molar-refractivity contribution in [3.63, 3.8) is 0 Å². The second-order valence-corrected chi connectivity index (χ2v) is 9.63. The zero-order valence-electron chi connectivity index (χ0n) is 19.9. The molecular weight excluding hydrogens is 434 g/mol. The number of nitrogens with zero attached hydrogens (tertiary/aromatic N) is 3. The van der Waals surface area contributed by atoms with Crippen LogP contribution in [0.15, 0.2) is 41.6 Å². The van der Waals surface area contributed by atoms with Crippen molar-refractivity contribution in [1.29, 1.82) is 0 Å². The zero-order chi connectivity index (χ0) is 24.2. The van der Waals surface area contributed by atoms with Gasteiger partial charge in [0.1, 0.15) is 11.5 Å². The van der Waals surface area contributed by atoms with Gasteiger partial charge < -0.3 is 19.1 Å². The minimum absolute atomic E-state index is 0.0933. The number of methoxy groups -OCH3 is 2. The first-order valence-electron chi connectivity index (χ1n) is 11.4. The number of carboxylic acids is 1. The molecular formula is C26H29N3O5. The van der Waals surface area contributed by atoms with Gasteiger partial charge in [-0.05, 0) is 48.9 Å². The minimum atomic E-state index is -0.683. The molecule has 0 bridgehead atoms. The van der Waals surface area contributed by atoms with Crippen LogP contribution in [-0.4, -0.2) is 52.3 Å². The lowest BCUT2D eigenvalue weighted by atomic mass is 9.53. The Labute approximate surface area is 197 Å². The highest BCUT2D eigenvalue weighted by Gasteiger charge is 2.59. The molecule has 0 amide bonds. The fourth-order valence-corrected chi connectivity index (χ4v) is 5.75. The van der Waals surface area contributed by atoms with Crippen LogP contribution in [-0.2, 0) is 18.4 Å². The number of hydrogen-bond donors (Lipinski definition) is 1. The van der Waals surface area contributed by atoms with E-state index in [1.54, 1.807) is 38.2 Å². The van der Waals surface area contributed by atoms with Crippen LogP contribution in [0.25, 0.3) is 21.9 Å². The summed E-state index contributed by atoms with van der Waals surface area (Å²) in [5, 5.41) is 10.6. The lowest BCUT2D eigenvalue weighted by Gasteiger charge is -2.63. The van der Waals surface area contributed by atoms with Crippen LogP contribution < -0.4 is 15.0 Å².